The van der Waals surface area contributed by atoms with Crippen LogP contribution in [0.1, 0.15) is 41.4 Å². The van der Waals surface area contributed by atoms with Gasteiger partial charge in [0, 0.05) is 11.6 Å². The van der Waals surface area contributed by atoms with Crippen LogP contribution in [0.3, 0.4) is 0 Å². The van der Waals surface area contributed by atoms with Gasteiger partial charge in [0.2, 0.25) is 0 Å². The summed E-state index contributed by atoms with van der Waals surface area (Å²) in [5.74, 6) is 0.589. The number of carbonyl (C=O) groups excluding carboxylic acids is 1. The van der Waals surface area contributed by atoms with E-state index in [0.717, 1.165) is 22.4 Å². The Hall–Kier alpha value is -2.62. The minimum atomic E-state index is -0.329. The van der Waals surface area contributed by atoms with Crippen LogP contribution in [-0.2, 0) is 4.74 Å². The van der Waals surface area contributed by atoms with E-state index in [9.17, 15) is 4.79 Å². The number of aromatic nitrogens is 2. The molecule has 0 atom stereocenters. The molecule has 0 bridgehead atoms. The van der Waals surface area contributed by atoms with Crippen molar-refractivity contribution in [3.05, 3.63) is 53.1 Å². The lowest BCUT2D eigenvalue weighted by atomic mass is 10.1. The Labute approximate surface area is 142 Å². The van der Waals surface area contributed by atoms with E-state index < -0.39 is 0 Å². The maximum atomic E-state index is 11.6. The van der Waals surface area contributed by atoms with Crippen LogP contribution in [0.25, 0.3) is 22.4 Å². The lowest BCUT2D eigenvalue weighted by Gasteiger charge is -2.14. The van der Waals surface area contributed by atoms with Crippen molar-refractivity contribution in [1.29, 1.82) is 0 Å². The number of imidazole rings is 1. The first-order valence-corrected chi connectivity index (χ1v) is 8.10. The van der Waals surface area contributed by atoms with Crippen LogP contribution >= 0.6 is 0 Å². The van der Waals surface area contributed by atoms with Crippen LogP contribution in [0.15, 0.2) is 36.4 Å². The number of methoxy groups -OCH3 is 1. The van der Waals surface area contributed by atoms with Gasteiger partial charge in [0.05, 0.1) is 23.7 Å². The van der Waals surface area contributed by atoms with Crippen LogP contribution in [-0.4, -0.2) is 22.6 Å². The van der Waals surface area contributed by atoms with Gasteiger partial charge in [-0.05, 0) is 63.1 Å². The zero-order valence-electron chi connectivity index (χ0n) is 14.8. The second-order valence-electron chi connectivity index (χ2n) is 6.39. The molecule has 0 saturated carbocycles. The molecule has 0 fully saturated rings. The summed E-state index contributed by atoms with van der Waals surface area (Å²) in [5, 5.41) is 0. The van der Waals surface area contributed by atoms with E-state index in [2.05, 4.69) is 44.4 Å². The van der Waals surface area contributed by atoms with Crippen molar-refractivity contribution in [2.75, 3.05) is 7.11 Å². The van der Waals surface area contributed by atoms with Crippen molar-refractivity contribution in [3.8, 4) is 11.4 Å². The third-order valence-electron chi connectivity index (χ3n) is 4.39. The van der Waals surface area contributed by atoms with Crippen LogP contribution in [0.2, 0.25) is 0 Å². The van der Waals surface area contributed by atoms with E-state index in [1.54, 1.807) is 12.1 Å². The Morgan fingerprint density at radius 2 is 1.71 bits per heavy atom. The highest BCUT2D eigenvalue weighted by Crippen LogP contribution is 2.30. The summed E-state index contributed by atoms with van der Waals surface area (Å²) in [5.41, 5.74) is 6.17. The number of aryl methyl sites for hydroxylation is 2. The molecule has 4 heteroatoms. The molecule has 0 radical (unpaired) electrons. The topological polar surface area (TPSA) is 44.1 Å². The SMILES string of the molecule is COC(=O)c1ccc(-c2nc3cc(C)c(C)cc3n2C(C)C)cc1. The van der Waals surface area contributed by atoms with Crippen molar-refractivity contribution in [1.82, 2.24) is 9.55 Å². The van der Waals surface area contributed by atoms with Crippen molar-refractivity contribution in [2.24, 2.45) is 0 Å². The molecule has 0 aliphatic heterocycles. The predicted octanol–water partition coefficient (Wildman–Crippen LogP) is 4.69. The number of hydrogen-bond donors (Lipinski definition) is 0. The minimum Gasteiger partial charge on any atom is -0.465 e. The van der Waals surface area contributed by atoms with E-state index in [1.165, 1.54) is 18.2 Å². The third kappa shape index (κ3) is 2.68. The molecule has 1 aromatic heterocycles. The van der Waals surface area contributed by atoms with Crippen LogP contribution in [0.5, 0.6) is 0 Å². The molecule has 2 aromatic carbocycles. The van der Waals surface area contributed by atoms with Gasteiger partial charge in [-0.3, -0.25) is 0 Å². The first-order valence-electron chi connectivity index (χ1n) is 8.10. The molecule has 3 aromatic rings. The third-order valence-corrected chi connectivity index (χ3v) is 4.39. The van der Waals surface area contributed by atoms with Gasteiger partial charge in [-0.15, -0.1) is 0 Å². The lowest BCUT2D eigenvalue weighted by Crippen LogP contribution is -2.04. The second kappa shape index (κ2) is 6.11. The molecular weight excluding hydrogens is 300 g/mol. The van der Waals surface area contributed by atoms with Gasteiger partial charge in [-0.2, -0.15) is 0 Å². The highest BCUT2D eigenvalue weighted by Gasteiger charge is 2.16. The van der Waals surface area contributed by atoms with Gasteiger partial charge in [-0.25, -0.2) is 9.78 Å². The standard InChI is InChI=1S/C20H22N2O2/c1-12(2)22-18-11-14(4)13(3)10-17(18)21-19(22)15-6-8-16(9-7-15)20(23)24-5/h6-12H,1-5H3. The number of benzene rings is 2. The number of rotatable bonds is 3. The summed E-state index contributed by atoms with van der Waals surface area (Å²) >= 11 is 0. The number of carbonyl (C=O) groups is 1. The van der Waals surface area contributed by atoms with Crippen molar-refractivity contribution < 1.29 is 9.53 Å². The summed E-state index contributed by atoms with van der Waals surface area (Å²) in [7, 11) is 1.39. The van der Waals surface area contributed by atoms with Gasteiger partial charge in [0.1, 0.15) is 5.82 Å². The Morgan fingerprint density at radius 3 is 2.29 bits per heavy atom. The number of esters is 1. The Kier molecular flexibility index (Phi) is 4.14. The van der Waals surface area contributed by atoms with E-state index in [-0.39, 0.29) is 12.0 Å². The Morgan fingerprint density at radius 1 is 1.08 bits per heavy atom. The number of hydrogen-bond acceptors (Lipinski definition) is 3. The van der Waals surface area contributed by atoms with Crippen LogP contribution in [0.4, 0.5) is 0 Å². The molecule has 0 unspecified atom stereocenters. The number of fused-ring (bicyclic) bond motifs is 1. The molecule has 0 N–H and O–H groups in total. The van der Waals surface area contributed by atoms with E-state index in [0.29, 0.717) is 5.56 Å². The van der Waals surface area contributed by atoms with Crippen molar-refractivity contribution >= 4 is 17.0 Å². The molecule has 0 saturated heterocycles. The fraction of sp³-hybridized carbons (Fsp3) is 0.300. The van der Waals surface area contributed by atoms with Gasteiger partial charge < -0.3 is 9.30 Å². The van der Waals surface area contributed by atoms with Gasteiger partial charge in [-0.1, -0.05) is 12.1 Å². The molecule has 0 aliphatic rings. The zero-order valence-corrected chi connectivity index (χ0v) is 14.8. The molecule has 1 heterocycles. The summed E-state index contributed by atoms with van der Waals surface area (Å²) in [6.45, 7) is 8.54. The van der Waals surface area contributed by atoms with Gasteiger partial charge >= 0.3 is 5.97 Å². The highest BCUT2D eigenvalue weighted by atomic mass is 16.5. The van der Waals surface area contributed by atoms with Crippen LogP contribution in [0, 0.1) is 13.8 Å². The first kappa shape index (κ1) is 16.2. The van der Waals surface area contributed by atoms with Gasteiger partial charge in [0.15, 0.2) is 0 Å². The molecule has 0 aliphatic carbocycles. The smallest absolute Gasteiger partial charge is 0.337 e. The quantitative estimate of drug-likeness (QED) is 0.657. The molecule has 0 spiro atoms. The second-order valence-corrected chi connectivity index (χ2v) is 6.39. The number of nitrogens with zero attached hydrogens (tertiary/aromatic N) is 2. The average Bonchev–Trinajstić information content (AvgIpc) is 2.93. The Bertz CT molecular complexity index is 906. The zero-order chi connectivity index (χ0) is 17.4. The fourth-order valence-corrected chi connectivity index (χ4v) is 2.95. The van der Waals surface area contributed by atoms with E-state index >= 15 is 0 Å². The molecule has 0 amide bonds. The van der Waals surface area contributed by atoms with E-state index in [1.807, 2.05) is 12.1 Å². The van der Waals surface area contributed by atoms with Crippen LogP contribution < -0.4 is 0 Å². The molecule has 4 nitrogen and oxygen atoms in total. The summed E-state index contributed by atoms with van der Waals surface area (Å²) in [6.07, 6.45) is 0. The summed E-state index contributed by atoms with van der Waals surface area (Å²) in [4.78, 5) is 16.5. The minimum absolute atomic E-state index is 0.285. The van der Waals surface area contributed by atoms with Crippen molar-refractivity contribution in [2.45, 2.75) is 33.7 Å². The number of ether oxygens (including phenoxy) is 1. The predicted molar refractivity (Wildman–Crippen MR) is 96.4 cm³/mol. The monoisotopic (exact) mass is 322 g/mol. The highest BCUT2D eigenvalue weighted by molar-refractivity contribution is 5.90. The molecule has 3 rings (SSSR count). The normalized spacial score (nSPS) is 11.2. The summed E-state index contributed by atoms with van der Waals surface area (Å²) in [6, 6.07) is 12.0. The maximum absolute atomic E-state index is 11.6. The fourth-order valence-electron chi connectivity index (χ4n) is 2.95. The lowest BCUT2D eigenvalue weighted by molar-refractivity contribution is 0.0601. The molecule has 124 valence electrons. The van der Waals surface area contributed by atoms with Gasteiger partial charge in [0.25, 0.3) is 0 Å². The van der Waals surface area contributed by atoms with Crippen molar-refractivity contribution in [3.63, 3.8) is 0 Å². The Balaban J connectivity index is 2.18. The van der Waals surface area contributed by atoms with E-state index in [4.69, 9.17) is 9.72 Å². The average molecular weight is 322 g/mol. The first-order chi connectivity index (χ1) is 11.4. The molecule has 24 heavy (non-hydrogen) atoms. The molecular formula is C20H22N2O2. The summed E-state index contributed by atoms with van der Waals surface area (Å²) < 4.78 is 7.00. The maximum Gasteiger partial charge on any atom is 0.337 e. The largest absolute Gasteiger partial charge is 0.465 e.